The molecule has 1 heterocycles. The molecule has 6 nitrogen and oxygen atoms in total. The normalized spacial score (nSPS) is 11.8. The minimum absolute atomic E-state index is 0.126. The highest BCUT2D eigenvalue weighted by atomic mass is 32.2. The fourth-order valence-electron chi connectivity index (χ4n) is 2.18. The maximum Gasteiger partial charge on any atom is 0.276 e. The van der Waals surface area contributed by atoms with Crippen LogP contribution in [-0.4, -0.2) is 24.8 Å². The Morgan fingerprint density at radius 2 is 1.80 bits per heavy atom. The minimum atomic E-state index is -3.74. The Balaban J connectivity index is 1.78. The molecule has 0 amide bonds. The zero-order chi connectivity index (χ0) is 17.9. The van der Waals surface area contributed by atoms with Crippen LogP contribution in [0.5, 0.6) is 0 Å². The SMILES string of the molecule is Cc1ccc(S(=O)(=O)N/N=C\c2cn[nH]c2-c2ccc(F)cc2)cc1. The van der Waals surface area contributed by atoms with E-state index in [4.69, 9.17) is 0 Å². The molecular formula is C17H15FN4O2S. The standard InChI is InChI=1S/C17H15FN4O2S/c1-12-2-8-16(9-3-12)25(23,24)22-20-11-14-10-19-21-17(14)13-4-6-15(18)7-5-13/h2-11,22H,1H3,(H,19,21)/b20-11-. The van der Waals surface area contributed by atoms with Gasteiger partial charge in [-0.2, -0.15) is 18.6 Å². The second kappa shape index (κ2) is 6.86. The summed E-state index contributed by atoms with van der Waals surface area (Å²) in [5, 5.41) is 10.5. The van der Waals surface area contributed by atoms with Crippen molar-refractivity contribution in [3.05, 3.63) is 71.7 Å². The number of hydrogen-bond acceptors (Lipinski definition) is 4. The van der Waals surface area contributed by atoms with Gasteiger partial charge in [-0.15, -0.1) is 0 Å². The molecule has 0 unspecified atom stereocenters. The van der Waals surface area contributed by atoms with Gasteiger partial charge >= 0.3 is 0 Å². The Morgan fingerprint density at radius 1 is 1.12 bits per heavy atom. The summed E-state index contributed by atoms with van der Waals surface area (Å²) in [6.45, 7) is 1.87. The highest BCUT2D eigenvalue weighted by Gasteiger charge is 2.12. The van der Waals surface area contributed by atoms with Crippen LogP contribution in [0, 0.1) is 12.7 Å². The van der Waals surface area contributed by atoms with Gasteiger partial charge in [-0.3, -0.25) is 5.10 Å². The van der Waals surface area contributed by atoms with Gasteiger partial charge < -0.3 is 0 Å². The number of hydrogen-bond donors (Lipinski definition) is 2. The molecule has 0 atom stereocenters. The Hall–Kier alpha value is -3.00. The highest BCUT2D eigenvalue weighted by Crippen LogP contribution is 2.20. The molecule has 0 bridgehead atoms. The first-order chi connectivity index (χ1) is 12.0. The minimum Gasteiger partial charge on any atom is -0.277 e. The molecule has 0 radical (unpaired) electrons. The van der Waals surface area contributed by atoms with Gasteiger partial charge in [-0.25, -0.2) is 9.22 Å². The van der Waals surface area contributed by atoms with Crippen molar-refractivity contribution in [3.8, 4) is 11.3 Å². The zero-order valence-electron chi connectivity index (χ0n) is 13.3. The van der Waals surface area contributed by atoms with Gasteiger partial charge in [-0.1, -0.05) is 17.7 Å². The Morgan fingerprint density at radius 3 is 2.48 bits per heavy atom. The van der Waals surface area contributed by atoms with Gasteiger partial charge in [0, 0.05) is 11.1 Å². The number of aromatic amines is 1. The molecule has 3 aromatic rings. The summed E-state index contributed by atoms with van der Waals surface area (Å²) in [5.74, 6) is -0.343. The number of sulfonamides is 1. The summed E-state index contributed by atoms with van der Waals surface area (Å²) in [5.41, 5.74) is 2.85. The van der Waals surface area contributed by atoms with E-state index >= 15 is 0 Å². The average molecular weight is 358 g/mol. The third kappa shape index (κ3) is 3.92. The van der Waals surface area contributed by atoms with Crippen molar-refractivity contribution in [1.29, 1.82) is 0 Å². The molecule has 3 rings (SSSR count). The maximum atomic E-state index is 13.0. The fraction of sp³-hybridized carbons (Fsp3) is 0.0588. The first-order valence-corrected chi connectivity index (χ1v) is 8.85. The molecule has 25 heavy (non-hydrogen) atoms. The summed E-state index contributed by atoms with van der Waals surface area (Å²) >= 11 is 0. The zero-order valence-corrected chi connectivity index (χ0v) is 14.1. The quantitative estimate of drug-likeness (QED) is 0.543. The van der Waals surface area contributed by atoms with Crippen molar-refractivity contribution in [2.45, 2.75) is 11.8 Å². The number of H-pyrrole nitrogens is 1. The lowest BCUT2D eigenvalue weighted by Crippen LogP contribution is -2.18. The number of aryl methyl sites for hydroxylation is 1. The van der Waals surface area contributed by atoms with Crippen molar-refractivity contribution in [2.24, 2.45) is 5.10 Å². The number of nitrogens with one attached hydrogen (secondary N) is 2. The van der Waals surface area contributed by atoms with Crippen LogP contribution >= 0.6 is 0 Å². The van der Waals surface area contributed by atoms with Crippen molar-refractivity contribution in [1.82, 2.24) is 15.0 Å². The molecule has 2 N–H and O–H groups in total. The molecule has 0 saturated carbocycles. The van der Waals surface area contributed by atoms with E-state index < -0.39 is 10.0 Å². The number of nitrogens with zero attached hydrogens (tertiary/aromatic N) is 2. The molecule has 0 spiro atoms. The van der Waals surface area contributed by atoms with Gasteiger partial charge in [0.05, 0.1) is 23.0 Å². The highest BCUT2D eigenvalue weighted by molar-refractivity contribution is 7.89. The van der Waals surface area contributed by atoms with Gasteiger partial charge in [0.15, 0.2) is 0 Å². The number of halogens is 1. The Bertz CT molecular complexity index is 994. The van der Waals surface area contributed by atoms with E-state index in [0.717, 1.165) is 5.56 Å². The molecule has 0 fully saturated rings. The number of benzene rings is 2. The predicted octanol–water partition coefficient (Wildman–Crippen LogP) is 2.84. The van der Waals surface area contributed by atoms with Crippen molar-refractivity contribution in [2.75, 3.05) is 0 Å². The molecule has 2 aromatic carbocycles. The molecule has 0 aliphatic carbocycles. The van der Waals surface area contributed by atoms with Crippen LogP contribution in [0.1, 0.15) is 11.1 Å². The number of rotatable bonds is 5. The van der Waals surface area contributed by atoms with Gasteiger partial charge in [0.2, 0.25) is 0 Å². The van der Waals surface area contributed by atoms with Crippen LogP contribution < -0.4 is 4.83 Å². The van der Waals surface area contributed by atoms with E-state index in [2.05, 4.69) is 20.1 Å². The van der Waals surface area contributed by atoms with Crippen LogP contribution in [0.3, 0.4) is 0 Å². The molecule has 128 valence electrons. The molecule has 8 heteroatoms. The third-order valence-electron chi connectivity index (χ3n) is 3.51. The molecule has 0 saturated heterocycles. The van der Waals surface area contributed by atoms with Crippen LogP contribution in [0.15, 0.2) is 64.7 Å². The Labute approximate surface area is 144 Å². The van der Waals surface area contributed by atoms with Crippen molar-refractivity contribution < 1.29 is 12.8 Å². The summed E-state index contributed by atoms with van der Waals surface area (Å²) in [7, 11) is -3.74. The van der Waals surface area contributed by atoms with E-state index in [-0.39, 0.29) is 10.7 Å². The molecule has 0 aliphatic heterocycles. The van der Waals surface area contributed by atoms with E-state index in [0.29, 0.717) is 16.8 Å². The second-order valence-corrected chi connectivity index (χ2v) is 7.03. The first kappa shape index (κ1) is 16.8. The third-order valence-corrected chi connectivity index (χ3v) is 4.75. The largest absolute Gasteiger partial charge is 0.277 e. The smallest absolute Gasteiger partial charge is 0.276 e. The lowest BCUT2D eigenvalue weighted by atomic mass is 10.1. The molecular weight excluding hydrogens is 343 g/mol. The van der Waals surface area contributed by atoms with Crippen LogP contribution in [0.2, 0.25) is 0 Å². The Kier molecular flexibility index (Phi) is 4.62. The van der Waals surface area contributed by atoms with E-state index in [1.165, 1.54) is 36.7 Å². The van der Waals surface area contributed by atoms with Crippen molar-refractivity contribution >= 4 is 16.2 Å². The van der Waals surface area contributed by atoms with Gasteiger partial charge in [0.1, 0.15) is 5.82 Å². The van der Waals surface area contributed by atoms with E-state index in [1.807, 2.05) is 6.92 Å². The van der Waals surface area contributed by atoms with Gasteiger partial charge in [-0.05, 0) is 43.3 Å². The summed E-state index contributed by atoms with van der Waals surface area (Å²) in [6, 6.07) is 12.3. The van der Waals surface area contributed by atoms with Gasteiger partial charge in [0.25, 0.3) is 10.0 Å². The first-order valence-electron chi connectivity index (χ1n) is 7.36. The monoisotopic (exact) mass is 358 g/mol. The maximum absolute atomic E-state index is 13.0. The van der Waals surface area contributed by atoms with Crippen LogP contribution in [-0.2, 0) is 10.0 Å². The molecule has 0 aliphatic rings. The van der Waals surface area contributed by atoms with Crippen LogP contribution in [0.4, 0.5) is 4.39 Å². The number of aromatic nitrogens is 2. The average Bonchev–Trinajstić information content (AvgIpc) is 3.04. The fourth-order valence-corrected chi connectivity index (χ4v) is 2.97. The van der Waals surface area contributed by atoms with E-state index in [9.17, 15) is 12.8 Å². The lowest BCUT2D eigenvalue weighted by Gasteiger charge is -2.03. The van der Waals surface area contributed by atoms with E-state index in [1.54, 1.807) is 24.3 Å². The topological polar surface area (TPSA) is 87.2 Å². The number of hydrazone groups is 1. The predicted molar refractivity (Wildman–Crippen MR) is 93.1 cm³/mol. The van der Waals surface area contributed by atoms with Crippen LogP contribution in [0.25, 0.3) is 11.3 Å². The summed E-state index contributed by atoms with van der Waals surface area (Å²) < 4.78 is 37.4. The second-order valence-electron chi connectivity index (χ2n) is 5.37. The molecule has 1 aromatic heterocycles. The van der Waals surface area contributed by atoms with Crippen molar-refractivity contribution in [3.63, 3.8) is 0 Å². The lowest BCUT2D eigenvalue weighted by molar-refractivity contribution is 0.584. The summed E-state index contributed by atoms with van der Waals surface area (Å²) in [6.07, 6.45) is 2.84. The summed E-state index contributed by atoms with van der Waals surface area (Å²) in [4.78, 5) is 2.29.